The number of likely N-dealkylation sites (tertiary alicyclic amines) is 1. The fraction of sp³-hybridized carbons (Fsp3) is 0.562. The molecule has 0 aliphatic carbocycles. The van der Waals surface area contributed by atoms with E-state index in [1.165, 1.54) is 6.07 Å². The van der Waals surface area contributed by atoms with E-state index in [2.05, 4.69) is 11.8 Å². The van der Waals surface area contributed by atoms with Gasteiger partial charge in [-0.25, -0.2) is 4.39 Å². The number of halogens is 2. The van der Waals surface area contributed by atoms with Gasteiger partial charge in [-0.15, -0.1) is 0 Å². The van der Waals surface area contributed by atoms with E-state index >= 15 is 0 Å². The molecule has 1 heterocycles. The molecule has 1 aliphatic rings. The first kappa shape index (κ1) is 17.2. The van der Waals surface area contributed by atoms with Gasteiger partial charge in [-0.05, 0) is 44.5 Å². The quantitative estimate of drug-likeness (QED) is 0.902. The highest BCUT2D eigenvalue weighted by Gasteiger charge is 2.26. The Labute approximate surface area is 135 Å². The Bertz CT molecular complexity index is 533. The summed E-state index contributed by atoms with van der Waals surface area (Å²) in [5.74, 6) is -1.19. The number of piperidine rings is 1. The molecular formula is C16H22ClFN2O2. The highest BCUT2D eigenvalue weighted by molar-refractivity contribution is 6.30. The van der Waals surface area contributed by atoms with Crippen LogP contribution in [0.15, 0.2) is 18.2 Å². The highest BCUT2D eigenvalue weighted by atomic mass is 35.5. The minimum Gasteiger partial charge on any atom is -0.480 e. The van der Waals surface area contributed by atoms with E-state index in [0.717, 1.165) is 31.5 Å². The molecule has 0 amide bonds. The number of rotatable bonds is 5. The molecule has 122 valence electrons. The third kappa shape index (κ3) is 4.18. The van der Waals surface area contributed by atoms with Gasteiger partial charge in [0.25, 0.3) is 0 Å². The van der Waals surface area contributed by atoms with Crippen LogP contribution in [0.5, 0.6) is 0 Å². The molecule has 1 atom stereocenters. The third-order valence-corrected chi connectivity index (χ3v) is 4.77. The average molecular weight is 329 g/mol. The van der Waals surface area contributed by atoms with Gasteiger partial charge in [0, 0.05) is 25.2 Å². The summed E-state index contributed by atoms with van der Waals surface area (Å²) < 4.78 is 13.2. The first-order chi connectivity index (χ1) is 10.4. The Hall–Kier alpha value is -1.17. The predicted octanol–water partition coefficient (Wildman–Crippen LogP) is 3.02. The number of carbonyl (C=O) groups is 1. The number of hydrogen-bond acceptors (Lipinski definition) is 3. The fourth-order valence-corrected chi connectivity index (χ4v) is 3.23. The first-order valence-electron chi connectivity index (χ1n) is 7.49. The van der Waals surface area contributed by atoms with Crippen molar-refractivity contribution in [2.24, 2.45) is 0 Å². The van der Waals surface area contributed by atoms with Crippen molar-refractivity contribution in [1.82, 2.24) is 9.80 Å². The number of carboxylic acid groups (broad SMARTS) is 1. The van der Waals surface area contributed by atoms with Crippen LogP contribution >= 0.6 is 11.6 Å². The summed E-state index contributed by atoms with van der Waals surface area (Å²) in [6.07, 6.45) is 1.87. The molecular weight excluding hydrogens is 307 g/mol. The molecule has 0 spiro atoms. The van der Waals surface area contributed by atoms with Gasteiger partial charge in [0.05, 0.1) is 11.6 Å². The van der Waals surface area contributed by atoms with Crippen LogP contribution in [0, 0.1) is 5.82 Å². The predicted molar refractivity (Wildman–Crippen MR) is 84.7 cm³/mol. The Kier molecular flexibility index (Phi) is 5.78. The zero-order valence-corrected chi connectivity index (χ0v) is 13.7. The van der Waals surface area contributed by atoms with Crippen molar-refractivity contribution in [1.29, 1.82) is 0 Å². The lowest BCUT2D eigenvalue weighted by molar-refractivity contribution is -0.138. The van der Waals surface area contributed by atoms with Crippen LogP contribution in [-0.2, 0) is 4.79 Å². The monoisotopic (exact) mass is 328 g/mol. The van der Waals surface area contributed by atoms with Crippen LogP contribution in [0.4, 0.5) is 4.39 Å². The van der Waals surface area contributed by atoms with Gasteiger partial charge in [-0.1, -0.05) is 17.7 Å². The third-order valence-electron chi connectivity index (χ3n) is 4.48. The zero-order chi connectivity index (χ0) is 16.3. The average Bonchev–Trinajstić information content (AvgIpc) is 2.49. The Morgan fingerprint density at radius 1 is 1.50 bits per heavy atom. The molecule has 1 N–H and O–H groups in total. The summed E-state index contributed by atoms with van der Waals surface area (Å²) in [7, 11) is 1.86. The topological polar surface area (TPSA) is 43.8 Å². The molecule has 1 unspecified atom stereocenters. The van der Waals surface area contributed by atoms with Crippen LogP contribution in [0.2, 0.25) is 5.02 Å². The van der Waals surface area contributed by atoms with E-state index in [4.69, 9.17) is 16.7 Å². The zero-order valence-electron chi connectivity index (χ0n) is 12.9. The second kappa shape index (κ2) is 7.40. The van der Waals surface area contributed by atoms with Crippen molar-refractivity contribution in [3.05, 3.63) is 34.6 Å². The lowest BCUT2D eigenvalue weighted by Crippen LogP contribution is -2.45. The summed E-state index contributed by atoms with van der Waals surface area (Å²) >= 11 is 5.85. The molecule has 2 rings (SSSR count). The van der Waals surface area contributed by atoms with E-state index in [1.807, 2.05) is 11.9 Å². The van der Waals surface area contributed by atoms with Gasteiger partial charge in [-0.3, -0.25) is 14.6 Å². The maximum Gasteiger partial charge on any atom is 0.317 e. The summed E-state index contributed by atoms with van der Waals surface area (Å²) in [5, 5.41) is 9.01. The molecule has 1 saturated heterocycles. The molecule has 22 heavy (non-hydrogen) atoms. The second-order valence-corrected chi connectivity index (χ2v) is 6.33. The van der Waals surface area contributed by atoms with Crippen LogP contribution < -0.4 is 0 Å². The summed E-state index contributed by atoms with van der Waals surface area (Å²) in [4.78, 5) is 15.0. The van der Waals surface area contributed by atoms with Crippen LogP contribution in [0.1, 0.15) is 31.4 Å². The van der Waals surface area contributed by atoms with Crippen molar-refractivity contribution in [3.63, 3.8) is 0 Å². The van der Waals surface area contributed by atoms with Crippen molar-refractivity contribution in [3.8, 4) is 0 Å². The van der Waals surface area contributed by atoms with Gasteiger partial charge < -0.3 is 5.11 Å². The lowest BCUT2D eigenvalue weighted by Gasteiger charge is -2.39. The highest BCUT2D eigenvalue weighted by Crippen LogP contribution is 2.28. The number of likely N-dealkylation sites (N-methyl/N-ethyl adjacent to an activating group) is 1. The molecule has 1 aromatic carbocycles. The maximum absolute atomic E-state index is 13.2. The molecule has 1 aliphatic heterocycles. The molecule has 0 saturated carbocycles. The smallest absolute Gasteiger partial charge is 0.317 e. The van der Waals surface area contributed by atoms with Gasteiger partial charge in [0.2, 0.25) is 0 Å². The van der Waals surface area contributed by atoms with Crippen molar-refractivity contribution in [2.75, 3.05) is 26.7 Å². The molecule has 0 bridgehead atoms. The molecule has 6 heteroatoms. The van der Waals surface area contributed by atoms with Crippen LogP contribution in [0.3, 0.4) is 0 Å². The Morgan fingerprint density at radius 2 is 2.14 bits per heavy atom. The van der Waals surface area contributed by atoms with Crippen molar-refractivity contribution in [2.45, 2.75) is 31.8 Å². The molecule has 0 radical (unpaired) electrons. The molecule has 0 aromatic heterocycles. The lowest BCUT2D eigenvalue weighted by atomic mass is 9.99. The minimum atomic E-state index is -0.792. The largest absolute Gasteiger partial charge is 0.480 e. The van der Waals surface area contributed by atoms with E-state index in [1.54, 1.807) is 12.1 Å². The Balaban J connectivity index is 1.93. The van der Waals surface area contributed by atoms with Crippen molar-refractivity contribution < 1.29 is 14.3 Å². The summed E-state index contributed by atoms with van der Waals surface area (Å²) in [6.45, 7) is 3.95. The minimum absolute atomic E-state index is 0.0772. The number of hydrogen-bond donors (Lipinski definition) is 1. The van der Waals surface area contributed by atoms with Gasteiger partial charge in [0.15, 0.2) is 0 Å². The number of benzene rings is 1. The van der Waals surface area contributed by atoms with Gasteiger partial charge in [-0.2, -0.15) is 0 Å². The summed E-state index contributed by atoms with van der Waals surface area (Å²) in [5.41, 5.74) is 1.00. The molecule has 1 fully saturated rings. The SMILES string of the molecule is CC(c1ccc(F)c(Cl)c1)N1CCC(N(C)CC(=O)O)CC1. The molecule has 4 nitrogen and oxygen atoms in total. The standard InChI is InChI=1S/C16H22ClFN2O2/c1-11(12-3-4-15(18)14(17)9-12)20-7-5-13(6-8-20)19(2)10-16(21)22/h3-4,9,11,13H,5-8,10H2,1-2H3,(H,21,22). The number of carboxylic acids is 1. The van der Waals surface area contributed by atoms with Crippen LogP contribution in [-0.4, -0.2) is 53.6 Å². The maximum atomic E-state index is 13.2. The van der Waals surface area contributed by atoms with E-state index in [9.17, 15) is 9.18 Å². The molecule has 1 aromatic rings. The van der Waals surface area contributed by atoms with Gasteiger partial charge >= 0.3 is 5.97 Å². The van der Waals surface area contributed by atoms with E-state index < -0.39 is 11.8 Å². The van der Waals surface area contributed by atoms with Crippen LogP contribution in [0.25, 0.3) is 0 Å². The number of nitrogens with zero attached hydrogens (tertiary/aromatic N) is 2. The Morgan fingerprint density at radius 3 is 2.68 bits per heavy atom. The first-order valence-corrected chi connectivity index (χ1v) is 7.87. The fourth-order valence-electron chi connectivity index (χ4n) is 3.04. The van der Waals surface area contributed by atoms with Crippen molar-refractivity contribution >= 4 is 17.6 Å². The number of aliphatic carboxylic acids is 1. The summed E-state index contributed by atoms with van der Waals surface area (Å²) in [6, 6.07) is 5.33. The normalized spacial score (nSPS) is 18.6. The second-order valence-electron chi connectivity index (χ2n) is 5.93. The van der Waals surface area contributed by atoms with E-state index in [-0.39, 0.29) is 17.6 Å². The van der Waals surface area contributed by atoms with E-state index in [0.29, 0.717) is 6.04 Å². The van der Waals surface area contributed by atoms with Gasteiger partial charge in [0.1, 0.15) is 5.82 Å².